The number of hydrogen-bond acceptors (Lipinski definition) is 3. The highest BCUT2D eigenvalue weighted by Crippen LogP contribution is 2.09. The van der Waals surface area contributed by atoms with Crippen molar-refractivity contribution >= 4 is 11.7 Å². The predicted octanol–water partition coefficient (Wildman–Crippen LogP) is 0.659. The Morgan fingerprint density at radius 2 is 2.33 bits per heavy atom. The van der Waals surface area contributed by atoms with Crippen LogP contribution in [0.1, 0.15) is 18.2 Å². The van der Waals surface area contributed by atoms with Crippen LogP contribution >= 0.6 is 0 Å². The second-order valence-electron chi connectivity index (χ2n) is 3.02. The van der Waals surface area contributed by atoms with Gasteiger partial charge in [-0.3, -0.25) is 4.79 Å². The summed E-state index contributed by atoms with van der Waals surface area (Å²) in [5.74, 6) is 6.06. The van der Waals surface area contributed by atoms with Crippen LogP contribution in [0, 0.1) is 18.8 Å². The van der Waals surface area contributed by atoms with Crippen molar-refractivity contribution in [1.29, 1.82) is 0 Å². The molecule has 1 aromatic heterocycles. The van der Waals surface area contributed by atoms with Gasteiger partial charge in [0.05, 0.1) is 12.2 Å². The van der Waals surface area contributed by atoms with E-state index in [-0.39, 0.29) is 5.91 Å². The third-order valence-electron chi connectivity index (χ3n) is 1.72. The summed E-state index contributed by atoms with van der Waals surface area (Å²) < 4.78 is 0. The highest BCUT2D eigenvalue weighted by atomic mass is 16.1. The number of aryl methyl sites for hydroxylation is 1. The average molecular weight is 203 g/mol. The van der Waals surface area contributed by atoms with Crippen LogP contribution in [0.15, 0.2) is 12.1 Å². The molecular weight excluding hydrogens is 190 g/mol. The maximum Gasteiger partial charge on any atom is 0.222 e. The topological polar surface area (TPSA) is 68.0 Å². The Labute approximate surface area is 88.9 Å². The molecule has 0 aliphatic carbocycles. The molecule has 1 rings (SSSR count). The van der Waals surface area contributed by atoms with Crippen LogP contribution < -0.4 is 11.1 Å². The Kier molecular flexibility index (Phi) is 3.83. The molecule has 0 aliphatic rings. The third kappa shape index (κ3) is 3.41. The second kappa shape index (κ2) is 5.13. The van der Waals surface area contributed by atoms with Gasteiger partial charge in [0.2, 0.25) is 5.91 Å². The summed E-state index contributed by atoms with van der Waals surface area (Å²) in [7, 11) is 0. The lowest BCUT2D eigenvalue weighted by Crippen LogP contribution is -2.08. The van der Waals surface area contributed by atoms with Gasteiger partial charge >= 0.3 is 0 Å². The van der Waals surface area contributed by atoms with Crippen LogP contribution in [0.3, 0.4) is 0 Å². The Hall–Kier alpha value is -1.86. The molecule has 0 spiro atoms. The monoisotopic (exact) mass is 203 g/mol. The van der Waals surface area contributed by atoms with Crippen molar-refractivity contribution in [1.82, 2.24) is 4.98 Å². The minimum absolute atomic E-state index is 0.136. The number of nitrogens with one attached hydrogen (secondary N) is 1. The van der Waals surface area contributed by atoms with Crippen LogP contribution in [-0.4, -0.2) is 17.4 Å². The Morgan fingerprint density at radius 1 is 1.60 bits per heavy atom. The van der Waals surface area contributed by atoms with E-state index in [1.165, 1.54) is 6.92 Å². The molecule has 0 radical (unpaired) electrons. The van der Waals surface area contributed by atoms with Gasteiger partial charge in [0, 0.05) is 12.5 Å². The van der Waals surface area contributed by atoms with E-state index >= 15 is 0 Å². The first-order valence-electron chi connectivity index (χ1n) is 4.57. The lowest BCUT2D eigenvalue weighted by atomic mass is 10.2. The first kappa shape index (κ1) is 11.2. The highest BCUT2D eigenvalue weighted by Gasteiger charge is 2.00. The molecule has 15 heavy (non-hydrogen) atoms. The summed E-state index contributed by atoms with van der Waals surface area (Å²) in [6.45, 7) is 3.61. The fourth-order valence-electron chi connectivity index (χ4n) is 1.09. The Morgan fingerprint density at radius 3 is 2.87 bits per heavy atom. The van der Waals surface area contributed by atoms with Gasteiger partial charge in [-0.05, 0) is 19.1 Å². The molecule has 0 unspecified atom stereocenters. The number of hydrogen-bond donors (Lipinski definition) is 2. The number of pyridine rings is 1. The maximum absolute atomic E-state index is 10.8. The first-order valence-corrected chi connectivity index (χ1v) is 4.57. The number of rotatable bonds is 1. The molecule has 0 saturated heterocycles. The molecule has 0 fully saturated rings. The van der Waals surface area contributed by atoms with E-state index in [0.717, 1.165) is 11.3 Å². The molecule has 1 amide bonds. The van der Waals surface area contributed by atoms with E-state index in [1.54, 1.807) is 6.07 Å². The van der Waals surface area contributed by atoms with Crippen molar-refractivity contribution in [3.8, 4) is 11.8 Å². The average Bonchev–Trinajstić information content (AvgIpc) is 2.15. The lowest BCUT2D eigenvalue weighted by molar-refractivity contribution is -0.114. The van der Waals surface area contributed by atoms with Gasteiger partial charge in [-0.2, -0.15) is 0 Å². The number of carbonyl (C=O) groups is 1. The van der Waals surface area contributed by atoms with Gasteiger partial charge < -0.3 is 11.1 Å². The van der Waals surface area contributed by atoms with E-state index in [1.807, 2.05) is 13.0 Å². The molecule has 1 heterocycles. The largest absolute Gasteiger partial charge is 0.320 e. The lowest BCUT2D eigenvalue weighted by Gasteiger charge is -2.03. The summed E-state index contributed by atoms with van der Waals surface area (Å²) in [6.07, 6.45) is 0. The van der Waals surface area contributed by atoms with Crippen molar-refractivity contribution in [2.24, 2.45) is 5.73 Å². The number of carbonyl (C=O) groups excluding carboxylic acids is 1. The molecule has 0 aliphatic heterocycles. The van der Waals surface area contributed by atoms with Crippen molar-refractivity contribution in [3.05, 3.63) is 23.4 Å². The van der Waals surface area contributed by atoms with Gasteiger partial charge in [-0.25, -0.2) is 4.98 Å². The van der Waals surface area contributed by atoms with Crippen molar-refractivity contribution in [2.45, 2.75) is 13.8 Å². The summed E-state index contributed by atoms with van der Waals surface area (Å²) >= 11 is 0. The first-order chi connectivity index (χ1) is 7.13. The van der Waals surface area contributed by atoms with E-state index in [9.17, 15) is 4.79 Å². The smallest absolute Gasteiger partial charge is 0.222 e. The van der Waals surface area contributed by atoms with E-state index < -0.39 is 0 Å². The second-order valence-corrected chi connectivity index (χ2v) is 3.02. The summed E-state index contributed by atoms with van der Waals surface area (Å²) in [4.78, 5) is 15.0. The zero-order valence-corrected chi connectivity index (χ0v) is 8.79. The molecule has 4 heteroatoms. The van der Waals surface area contributed by atoms with Gasteiger partial charge in [-0.1, -0.05) is 11.8 Å². The number of nitrogens with two attached hydrogens (primary N) is 1. The van der Waals surface area contributed by atoms with E-state index in [4.69, 9.17) is 5.73 Å². The van der Waals surface area contributed by atoms with Crippen LogP contribution in [0.4, 0.5) is 5.82 Å². The minimum atomic E-state index is -0.136. The number of amides is 1. The molecule has 0 bridgehead atoms. The Balaban J connectivity index is 2.92. The third-order valence-corrected chi connectivity index (χ3v) is 1.72. The van der Waals surface area contributed by atoms with Crippen LogP contribution in [0.25, 0.3) is 0 Å². The SMILES string of the molecule is CC(=O)Nc1ccc(C#CCN)c(C)n1. The predicted molar refractivity (Wildman–Crippen MR) is 59.2 cm³/mol. The quantitative estimate of drug-likeness (QED) is 0.659. The van der Waals surface area contributed by atoms with Crippen LogP contribution in [-0.2, 0) is 4.79 Å². The standard InChI is InChI=1S/C11H13N3O/c1-8-10(4-3-7-12)5-6-11(13-8)14-9(2)15/h5-6H,7,12H2,1-2H3,(H,13,14,15). The molecule has 4 nitrogen and oxygen atoms in total. The number of nitrogens with zero attached hydrogens (tertiary/aromatic N) is 1. The zero-order chi connectivity index (χ0) is 11.3. The molecule has 3 N–H and O–H groups in total. The fraction of sp³-hybridized carbons (Fsp3) is 0.273. The van der Waals surface area contributed by atoms with Crippen molar-refractivity contribution in [3.63, 3.8) is 0 Å². The maximum atomic E-state index is 10.8. The normalized spacial score (nSPS) is 9.00. The molecule has 0 saturated carbocycles. The molecule has 78 valence electrons. The summed E-state index contributed by atoms with van der Waals surface area (Å²) in [5.41, 5.74) is 6.88. The number of aromatic nitrogens is 1. The van der Waals surface area contributed by atoms with E-state index in [0.29, 0.717) is 12.4 Å². The van der Waals surface area contributed by atoms with Crippen LogP contribution in [0.5, 0.6) is 0 Å². The molecular formula is C11H13N3O. The summed E-state index contributed by atoms with van der Waals surface area (Å²) in [6, 6.07) is 3.53. The van der Waals surface area contributed by atoms with Crippen molar-refractivity contribution < 1.29 is 4.79 Å². The van der Waals surface area contributed by atoms with Crippen molar-refractivity contribution in [2.75, 3.05) is 11.9 Å². The number of anilines is 1. The highest BCUT2D eigenvalue weighted by molar-refractivity contribution is 5.87. The fourth-order valence-corrected chi connectivity index (χ4v) is 1.09. The molecule has 1 aromatic rings. The van der Waals surface area contributed by atoms with Gasteiger partial charge in [0.1, 0.15) is 5.82 Å². The summed E-state index contributed by atoms with van der Waals surface area (Å²) in [5, 5.41) is 2.61. The van der Waals surface area contributed by atoms with Gasteiger partial charge in [0.25, 0.3) is 0 Å². The van der Waals surface area contributed by atoms with Gasteiger partial charge in [-0.15, -0.1) is 0 Å². The molecule has 0 atom stereocenters. The zero-order valence-electron chi connectivity index (χ0n) is 8.79. The minimum Gasteiger partial charge on any atom is -0.320 e. The Bertz CT molecular complexity index is 429. The molecule has 0 aromatic carbocycles. The van der Waals surface area contributed by atoms with E-state index in [2.05, 4.69) is 22.1 Å². The van der Waals surface area contributed by atoms with Crippen LogP contribution in [0.2, 0.25) is 0 Å². The van der Waals surface area contributed by atoms with Gasteiger partial charge in [0.15, 0.2) is 0 Å².